The zero-order valence-corrected chi connectivity index (χ0v) is 44.1. The minimum Gasteiger partial charge on any atom is -0.506 e. The zero-order valence-electron chi connectivity index (χ0n) is 39.9. The van der Waals surface area contributed by atoms with Crippen LogP contribution < -0.4 is 42.4 Å². The van der Waals surface area contributed by atoms with Crippen LogP contribution >= 0.6 is 14.3 Å². The first-order valence-electron chi connectivity index (χ1n) is 23.6. The summed E-state index contributed by atoms with van der Waals surface area (Å²) in [7, 11) is -5.55. The molecule has 0 aliphatic carbocycles. The Morgan fingerprint density at radius 1 is 0.365 bits per heavy atom. The van der Waals surface area contributed by atoms with E-state index in [1.165, 1.54) is 0 Å². The average Bonchev–Trinajstić information content (AvgIpc) is 3.47. The summed E-state index contributed by atoms with van der Waals surface area (Å²) in [6.45, 7) is 0. The van der Waals surface area contributed by atoms with E-state index < -0.39 is 25.7 Å². The molecule has 10 aromatic carbocycles. The summed E-state index contributed by atoms with van der Waals surface area (Å²) < 4.78 is 32.9. The van der Waals surface area contributed by atoms with E-state index in [1.807, 2.05) is 255 Å². The quantitative estimate of drug-likeness (QED) is 0.0781. The molecule has 0 unspecified atom stereocenters. The van der Waals surface area contributed by atoms with Crippen molar-refractivity contribution in [2.75, 3.05) is 4.90 Å². The van der Waals surface area contributed by atoms with Crippen molar-refractivity contribution in [3.05, 3.63) is 313 Å². The number of rotatable bonds is 11. The minimum absolute atomic E-state index is 0. The van der Waals surface area contributed by atoms with Crippen molar-refractivity contribution in [1.29, 1.82) is 0 Å². The van der Waals surface area contributed by atoms with Gasteiger partial charge in [-0.15, -0.1) is 0 Å². The molecule has 1 heterocycles. The number of hydrogen-bond acceptors (Lipinski definition) is 7. The van der Waals surface area contributed by atoms with Crippen molar-refractivity contribution in [2.45, 2.75) is 0 Å². The molecule has 7 nitrogen and oxygen atoms in total. The first-order chi connectivity index (χ1) is 35.8. The summed E-state index contributed by atoms with van der Waals surface area (Å²) in [5, 5.41) is 16.2. The number of benzene rings is 10. The van der Waals surface area contributed by atoms with Gasteiger partial charge in [0.2, 0.25) is 5.78 Å². The van der Waals surface area contributed by atoms with E-state index in [-0.39, 0.29) is 71.8 Å². The largest absolute Gasteiger partial charge is 0.506 e. The molecule has 1 radical (unpaired) electrons. The monoisotopic (exact) mass is 1140 g/mol. The van der Waals surface area contributed by atoms with Gasteiger partial charge in [-0.2, -0.15) is 0 Å². The van der Waals surface area contributed by atoms with Crippen LogP contribution in [0.3, 0.4) is 0 Å². The zero-order chi connectivity index (χ0) is 50.5. The second-order valence-corrected chi connectivity index (χ2v) is 22.3. The van der Waals surface area contributed by atoms with Crippen molar-refractivity contribution in [3.63, 3.8) is 0 Å². The van der Waals surface area contributed by atoms with Gasteiger partial charge in [0.05, 0.1) is 5.39 Å². The van der Waals surface area contributed by atoms with Crippen LogP contribution in [0.4, 0.5) is 17.1 Å². The van der Waals surface area contributed by atoms with E-state index in [0.717, 1.165) is 48.9 Å². The van der Waals surface area contributed by atoms with E-state index in [4.69, 9.17) is 4.42 Å². The summed E-state index contributed by atoms with van der Waals surface area (Å²) in [5.41, 5.74) is 2.05. The van der Waals surface area contributed by atoms with E-state index in [1.54, 1.807) is 36.4 Å². The fourth-order valence-corrected chi connectivity index (χ4v) is 13.9. The average molecular weight is 1140 g/mol. The normalized spacial score (nSPS) is 10.9. The summed E-state index contributed by atoms with van der Waals surface area (Å²) in [6.07, 6.45) is 0. The van der Waals surface area contributed by atoms with Crippen molar-refractivity contribution >= 4 is 79.9 Å². The van der Waals surface area contributed by atoms with E-state index in [0.29, 0.717) is 5.39 Å². The Balaban J connectivity index is 0.000000155. The van der Waals surface area contributed by atoms with Gasteiger partial charge < -0.3 is 23.6 Å². The number of ketones is 1. The number of anilines is 3. The number of nitrogens with zero attached hydrogens (tertiary/aromatic N) is 1. The van der Waals surface area contributed by atoms with Crippen LogP contribution in [-0.4, -0.2) is 10.9 Å². The Kier molecular flexibility index (Phi) is 18.0. The number of fused-ring (bicyclic) bond motifs is 1. The number of carbonyl (C=O) groups is 1. The molecule has 0 spiro atoms. The van der Waals surface area contributed by atoms with Crippen LogP contribution in [0.2, 0.25) is 0 Å². The van der Waals surface area contributed by atoms with Gasteiger partial charge in [-0.05, 0) is 60.7 Å². The molecular weight excluding hydrogens is 1090 g/mol. The third-order valence-corrected chi connectivity index (χ3v) is 18.3. The smallest absolute Gasteiger partial charge is 0.351 e. The summed E-state index contributed by atoms with van der Waals surface area (Å²) in [4.78, 5) is 27.6. The Labute approximate surface area is 471 Å². The molecule has 74 heavy (non-hydrogen) atoms. The third kappa shape index (κ3) is 11.7. The van der Waals surface area contributed by atoms with Gasteiger partial charge in [0.15, 0.2) is 19.8 Å². The maximum absolute atomic E-state index is 13.8. The molecule has 0 saturated heterocycles. The van der Waals surface area contributed by atoms with E-state index >= 15 is 0 Å². The van der Waals surface area contributed by atoms with E-state index in [9.17, 15) is 23.8 Å². The Morgan fingerprint density at radius 3 is 0.959 bits per heavy atom. The maximum atomic E-state index is 13.8. The van der Waals surface area contributed by atoms with Gasteiger partial charge >= 0.3 is 5.63 Å². The van der Waals surface area contributed by atoms with Crippen molar-refractivity contribution in [3.8, 4) is 5.75 Å². The van der Waals surface area contributed by atoms with Crippen LogP contribution in [0.1, 0.15) is 15.9 Å². The minimum atomic E-state index is -2.78. The first kappa shape index (κ1) is 53.0. The fraction of sp³-hybridized carbons (Fsp3) is 0. The molecule has 0 bridgehead atoms. The predicted octanol–water partition coefficient (Wildman–Crippen LogP) is 12.9. The fourth-order valence-electron chi connectivity index (χ4n) is 8.56. The number of hydrogen-bond donors (Lipinski definition) is 1. The molecule has 10 heteroatoms. The first-order valence-corrected chi connectivity index (χ1v) is 27.0. The summed E-state index contributed by atoms with van der Waals surface area (Å²) in [5.74, 6) is -0.962. The van der Waals surface area contributed by atoms with Crippen LogP contribution in [0.5, 0.6) is 5.75 Å². The maximum Gasteiger partial charge on any atom is 0.351 e. The molecular formula is C64H49EuNO6P2. The Hall–Kier alpha value is -7.28. The Morgan fingerprint density at radius 2 is 0.635 bits per heavy atom. The van der Waals surface area contributed by atoms with Gasteiger partial charge in [-0.1, -0.05) is 231 Å². The standard InChI is InChI=1S/C28H19NO4.2C18H15OP.Eu/c30-26(25-27(31)23-13-7-8-14-24(23)33-28(25)32)19-15-17-22(18-16-19)29(20-9-3-1-4-10-20)21-11-5-2-6-12-21;2*19-20(16-10-4-1-5-11-16,17-12-6-2-7-13-17)18-14-8-3-9-15-18;/h1-18,31H;2*1-15H;. The molecule has 1 aromatic heterocycles. The molecule has 0 saturated carbocycles. The molecule has 0 aliphatic heterocycles. The van der Waals surface area contributed by atoms with Gasteiger partial charge in [-0.25, -0.2) is 4.79 Å². The van der Waals surface area contributed by atoms with Crippen LogP contribution in [0.25, 0.3) is 11.0 Å². The molecule has 363 valence electrons. The van der Waals surface area contributed by atoms with Crippen LogP contribution in [0.15, 0.2) is 300 Å². The van der Waals surface area contributed by atoms with Gasteiger partial charge in [0.25, 0.3) is 0 Å². The SMILES string of the molecule is O=C(c1ccc(N(c2ccccc2)c2ccccc2)cc1)c1c(O)c2ccccc2oc1=O.O=P(c1ccccc1)(c1ccccc1)c1ccccc1.O=P(c1ccccc1)(c1ccccc1)c1ccccc1.[Eu]. The van der Waals surface area contributed by atoms with Crippen LogP contribution in [0, 0.1) is 49.4 Å². The van der Waals surface area contributed by atoms with Crippen molar-refractivity contribution in [2.24, 2.45) is 0 Å². The van der Waals surface area contributed by atoms with Crippen molar-refractivity contribution < 1.29 is 72.8 Å². The summed E-state index contributed by atoms with van der Waals surface area (Å²) in [6, 6.07) is 91.5. The number of carbonyl (C=O) groups excluding carboxylic acids is 1. The van der Waals surface area contributed by atoms with E-state index in [2.05, 4.69) is 4.90 Å². The second-order valence-electron chi connectivity index (χ2n) is 16.7. The van der Waals surface area contributed by atoms with Crippen LogP contribution in [-0.2, 0) is 9.13 Å². The molecule has 1 N–H and O–H groups in total. The molecule has 0 aliphatic rings. The molecule has 11 aromatic rings. The number of para-hydroxylation sites is 3. The van der Waals surface area contributed by atoms with Crippen molar-refractivity contribution in [1.82, 2.24) is 0 Å². The Bertz CT molecular complexity index is 3330. The molecule has 0 fully saturated rings. The topological polar surface area (TPSA) is 105 Å². The molecule has 0 amide bonds. The number of aromatic hydroxyl groups is 1. The molecule has 0 atom stereocenters. The van der Waals surface area contributed by atoms with Gasteiger partial charge in [-0.3, -0.25) is 4.79 Å². The second kappa shape index (κ2) is 25.1. The summed E-state index contributed by atoms with van der Waals surface area (Å²) >= 11 is 0. The molecule has 11 rings (SSSR count). The third-order valence-electron chi connectivity index (χ3n) is 12.1. The van der Waals surface area contributed by atoms with Gasteiger partial charge in [0, 0.05) is 104 Å². The van der Waals surface area contributed by atoms with Gasteiger partial charge in [0.1, 0.15) is 11.3 Å². The predicted molar refractivity (Wildman–Crippen MR) is 300 cm³/mol.